The van der Waals surface area contributed by atoms with E-state index in [9.17, 15) is 13.2 Å². The van der Waals surface area contributed by atoms with Crippen molar-refractivity contribution in [3.05, 3.63) is 23.8 Å². The van der Waals surface area contributed by atoms with Gasteiger partial charge < -0.3 is 10.4 Å². The average Bonchev–Trinajstić information content (AvgIpc) is 2.37. The Hall–Kier alpha value is -1.60. The summed E-state index contributed by atoms with van der Waals surface area (Å²) >= 11 is 0. The summed E-state index contributed by atoms with van der Waals surface area (Å²) in [7, 11) is -2.10. The Morgan fingerprint density at radius 3 is 2.50 bits per heavy atom. The van der Waals surface area contributed by atoms with Crippen LogP contribution in [0.1, 0.15) is 30.6 Å². The molecule has 0 fully saturated rings. The largest absolute Gasteiger partial charge is 0.478 e. The van der Waals surface area contributed by atoms with Crippen LogP contribution in [0.4, 0.5) is 5.69 Å². The topological polar surface area (TPSA) is 95.5 Å². The van der Waals surface area contributed by atoms with Crippen LogP contribution in [-0.4, -0.2) is 33.1 Å². The Balaban J connectivity index is 3.01. The van der Waals surface area contributed by atoms with E-state index in [0.717, 1.165) is 12.5 Å². The number of carboxylic acids is 1. The number of benzene rings is 1. The lowest BCUT2D eigenvalue weighted by atomic mass is 10.1. The third kappa shape index (κ3) is 4.21. The van der Waals surface area contributed by atoms with E-state index in [0.29, 0.717) is 18.2 Å². The molecule has 0 amide bonds. The molecule has 0 heterocycles. The molecule has 3 N–H and O–H groups in total. The molecular weight excluding hydrogens is 280 g/mol. The Kier molecular flexibility index (Phi) is 5.52. The highest BCUT2D eigenvalue weighted by atomic mass is 32.2. The van der Waals surface area contributed by atoms with Gasteiger partial charge in [-0.05, 0) is 30.5 Å². The predicted molar refractivity (Wildman–Crippen MR) is 77.6 cm³/mol. The van der Waals surface area contributed by atoms with Crippen molar-refractivity contribution in [2.45, 2.75) is 25.2 Å². The molecule has 1 rings (SSSR count). The number of carbonyl (C=O) groups is 1. The second-order valence-corrected chi connectivity index (χ2v) is 6.61. The third-order valence-electron chi connectivity index (χ3n) is 2.81. The molecule has 1 aromatic rings. The number of anilines is 1. The van der Waals surface area contributed by atoms with Crippen molar-refractivity contribution in [1.29, 1.82) is 0 Å². The zero-order valence-electron chi connectivity index (χ0n) is 11.8. The fraction of sp³-hybridized carbons (Fsp3) is 0.462. The van der Waals surface area contributed by atoms with Gasteiger partial charge in [0, 0.05) is 19.3 Å². The van der Waals surface area contributed by atoms with E-state index in [-0.39, 0.29) is 10.5 Å². The van der Waals surface area contributed by atoms with Crippen LogP contribution in [0.15, 0.2) is 23.1 Å². The maximum Gasteiger partial charge on any atom is 0.337 e. The lowest BCUT2D eigenvalue weighted by Crippen LogP contribution is -2.26. The number of sulfonamides is 1. The van der Waals surface area contributed by atoms with E-state index in [1.165, 1.54) is 12.1 Å². The quantitative estimate of drug-likeness (QED) is 0.713. The fourth-order valence-electron chi connectivity index (χ4n) is 1.65. The monoisotopic (exact) mass is 300 g/mol. The minimum atomic E-state index is -3.68. The molecule has 0 atom stereocenters. The van der Waals surface area contributed by atoms with Gasteiger partial charge in [0.15, 0.2) is 0 Å². The van der Waals surface area contributed by atoms with Crippen molar-refractivity contribution in [3.63, 3.8) is 0 Å². The second-order valence-electron chi connectivity index (χ2n) is 4.84. The molecule has 112 valence electrons. The zero-order chi connectivity index (χ0) is 15.3. The summed E-state index contributed by atoms with van der Waals surface area (Å²) < 4.78 is 26.6. The normalized spacial score (nSPS) is 11.6. The molecule has 0 aliphatic heterocycles. The van der Waals surface area contributed by atoms with Gasteiger partial charge in [-0.3, -0.25) is 0 Å². The SMILES string of the molecule is CNc1ccc(S(=O)(=O)NCCC(C)C)cc1C(=O)O. The van der Waals surface area contributed by atoms with Crippen molar-refractivity contribution in [2.75, 3.05) is 18.9 Å². The maximum atomic E-state index is 12.1. The molecule has 0 radical (unpaired) electrons. The van der Waals surface area contributed by atoms with Crippen molar-refractivity contribution in [1.82, 2.24) is 4.72 Å². The molecule has 0 spiro atoms. The molecule has 20 heavy (non-hydrogen) atoms. The summed E-state index contributed by atoms with van der Waals surface area (Å²) in [6.45, 7) is 4.33. The fourth-order valence-corrected chi connectivity index (χ4v) is 2.72. The number of hydrogen-bond acceptors (Lipinski definition) is 4. The lowest BCUT2D eigenvalue weighted by molar-refractivity contribution is 0.0697. The number of carboxylic acid groups (broad SMARTS) is 1. The molecule has 0 unspecified atom stereocenters. The number of hydrogen-bond donors (Lipinski definition) is 3. The first-order valence-electron chi connectivity index (χ1n) is 6.32. The van der Waals surface area contributed by atoms with Gasteiger partial charge >= 0.3 is 5.97 Å². The standard InChI is InChI=1S/C13H20N2O4S/c1-9(2)6-7-15-20(18,19)10-4-5-12(14-3)11(8-10)13(16)17/h4-5,8-9,14-15H,6-7H2,1-3H3,(H,16,17). The number of rotatable bonds is 7. The molecular formula is C13H20N2O4S. The van der Waals surface area contributed by atoms with Crippen LogP contribution < -0.4 is 10.0 Å². The van der Waals surface area contributed by atoms with Crippen LogP contribution >= 0.6 is 0 Å². The van der Waals surface area contributed by atoms with Crippen molar-refractivity contribution in [3.8, 4) is 0 Å². The Labute approximate surface area is 119 Å². The molecule has 6 nitrogen and oxygen atoms in total. The lowest BCUT2D eigenvalue weighted by Gasteiger charge is -2.11. The molecule has 0 saturated heterocycles. The summed E-state index contributed by atoms with van der Waals surface area (Å²) in [5.41, 5.74) is 0.304. The third-order valence-corrected chi connectivity index (χ3v) is 4.27. The first kappa shape index (κ1) is 16.5. The van der Waals surface area contributed by atoms with Crippen LogP contribution in [0.5, 0.6) is 0 Å². The highest BCUT2D eigenvalue weighted by Gasteiger charge is 2.18. The van der Waals surface area contributed by atoms with Gasteiger partial charge in [-0.25, -0.2) is 17.9 Å². The van der Waals surface area contributed by atoms with Gasteiger partial charge in [0.25, 0.3) is 0 Å². The molecule has 0 aliphatic rings. The van der Waals surface area contributed by atoms with Gasteiger partial charge in [-0.1, -0.05) is 13.8 Å². The van der Waals surface area contributed by atoms with Crippen molar-refractivity contribution >= 4 is 21.7 Å². The van der Waals surface area contributed by atoms with Crippen molar-refractivity contribution < 1.29 is 18.3 Å². The van der Waals surface area contributed by atoms with E-state index < -0.39 is 16.0 Å². The maximum absolute atomic E-state index is 12.1. The van der Waals surface area contributed by atoms with E-state index >= 15 is 0 Å². The van der Waals surface area contributed by atoms with E-state index in [1.54, 1.807) is 7.05 Å². The number of aromatic carboxylic acids is 1. The second kappa shape index (κ2) is 6.71. The van der Waals surface area contributed by atoms with E-state index in [2.05, 4.69) is 10.0 Å². The first-order valence-corrected chi connectivity index (χ1v) is 7.81. The van der Waals surface area contributed by atoms with E-state index in [4.69, 9.17) is 5.11 Å². The van der Waals surface area contributed by atoms with Gasteiger partial charge in [-0.2, -0.15) is 0 Å². The Bertz CT molecular complexity index is 582. The van der Waals surface area contributed by atoms with Crippen LogP contribution in [0, 0.1) is 5.92 Å². The summed E-state index contributed by atoms with van der Waals surface area (Å²) in [6, 6.07) is 3.99. The summed E-state index contributed by atoms with van der Waals surface area (Å²) in [6.07, 6.45) is 0.722. The van der Waals surface area contributed by atoms with Gasteiger partial charge in [-0.15, -0.1) is 0 Å². The van der Waals surface area contributed by atoms with Crippen LogP contribution in [0.25, 0.3) is 0 Å². The van der Waals surface area contributed by atoms with Gasteiger partial charge in [0.2, 0.25) is 10.0 Å². The smallest absolute Gasteiger partial charge is 0.337 e. The average molecular weight is 300 g/mol. The van der Waals surface area contributed by atoms with E-state index in [1.807, 2.05) is 13.8 Å². The Morgan fingerprint density at radius 2 is 2.00 bits per heavy atom. The minimum absolute atomic E-state index is 0.0438. The van der Waals surface area contributed by atoms with Gasteiger partial charge in [0.05, 0.1) is 10.5 Å². The summed E-state index contributed by atoms with van der Waals surface area (Å²) in [5, 5.41) is 11.8. The van der Waals surface area contributed by atoms with Crippen LogP contribution in [0.2, 0.25) is 0 Å². The summed E-state index contributed by atoms with van der Waals surface area (Å²) in [5.74, 6) is -0.785. The van der Waals surface area contributed by atoms with Crippen LogP contribution in [-0.2, 0) is 10.0 Å². The summed E-state index contributed by atoms with van der Waals surface area (Å²) in [4.78, 5) is 11.1. The zero-order valence-corrected chi connectivity index (χ0v) is 12.6. The molecule has 0 saturated carbocycles. The highest BCUT2D eigenvalue weighted by molar-refractivity contribution is 7.89. The molecule has 0 aliphatic carbocycles. The Morgan fingerprint density at radius 1 is 1.35 bits per heavy atom. The molecule has 0 aromatic heterocycles. The molecule has 7 heteroatoms. The van der Waals surface area contributed by atoms with Gasteiger partial charge in [0.1, 0.15) is 0 Å². The molecule has 0 bridgehead atoms. The first-order chi connectivity index (χ1) is 9.27. The van der Waals surface area contributed by atoms with Crippen LogP contribution in [0.3, 0.4) is 0 Å². The minimum Gasteiger partial charge on any atom is -0.478 e. The number of nitrogens with one attached hydrogen (secondary N) is 2. The molecule has 1 aromatic carbocycles. The highest BCUT2D eigenvalue weighted by Crippen LogP contribution is 2.20. The predicted octanol–water partition coefficient (Wildman–Crippen LogP) is 1.75. The van der Waals surface area contributed by atoms with Crippen molar-refractivity contribution in [2.24, 2.45) is 5.92 Å².